The maximum absolute atomic E-state index is 10.4. The summed E-state index contributed by atoms with van der Waals surface area (Å²) in [6.07, 6.45) is 7.95. The molecule has 0 fully saturated rings. The number of carboxylic acid groups (broad SMARTS) is 1. The van der Waals surface area contributed by atoms with Crippen molar-refractivity contribution in [3.8, 4) is 11.5 Å². The Morgan fingerprint density at radius 3 is 2.52 bits per heavy atom. The molecule has 1 aromatic heterocycles. The Morgan fingerprint density at radius 2 is 1.76 bits per heavy atom. The van der Waals surface area contributed by atoms with Crippen LogP contribution in [0.5, 0.6) is 0 Å². The topological polar surface area (TPSA) is 63.3 Å². The molecule has 2 rings (SSSR count). The van der Waals surface area contributed by atoms with Gasteiger partial charge in [0, 0.05) is 18.4 Å². The van der Waals surface area contributed by atoms with Gasteiger partial charge >= 0.3 is 5.97 Å². The van der Waals surface area contributed by atoms with Crippen molar-refractivity contribution in [2.45, 2.75) is 44.9 Å². The Kier molecular flexibility index (Phi) is 6.00. The van der Waals surface area contributed by atoms with Crippen LogP contribution in [0.25, 0.3) is 11.5 Å². The molecule has 2 aromatic rings. The van der Waals surface area contributed by atoms with E-state index < -0.39 is 5.97 Å². The zero-order valence-corrected chi connectivity index (χ0v) is 12.1. The Labute approximate surface area is 124 Å². The normalized spacial score (nSPS) is 10.7. The Balaban J connectivity index is 1.66. The number of nitrogens with zero attached hydrogens (tertiary/aromatic N) is 1. The van der Waals surface area contributed by atoms with Crippen LogP contribution in [0.4, 0.5) is 0 Å². The summed E-state index contributed by atoms with van der Waals surface area (Å²) >= 11 is 0. The summed E-state index contributed by atoms with van der Waals surface area (Å²) in [4.78, 5) is 14.7. The highest BCUT2D eigenvalue weighted by atomic mass is 16.4. The van der Waals surface area contributed by atoms with Crippen LogP contribution in [0.15, 0.2) is 40.9 Å². The molecule has 1 heterocycles. The standard InChI is InChI=1S/C17H21NO3/c19-16(20)12-8-3-1-2-7-11-15-13-18-17(21-15)14-9-5-4-6-10-14/h4-6,9-10,13H,1-3,7-8,11-12H2,(H,19,20). The lowest BCUT2D eigenvalue weighted by molar-refractivity contribution is -0.137. The van der Waals surface area contributed by atoms with Gasteiger partial charge in [-0.25, -0.2) is 4.98 Å². The first-order valence-corrected chi connectivity index (χ1v) is 7.47. The van der Waals surface area contributed by atoms with Crippen LogP contribution in [0, 0.1) is 0 Å². The number of hydrogen-bond donors (Lipinski definition) is 1. The predicted octanol–water partition coefficient (Wildman–Crippen LogP) is 4.31. The number of oxazole rings is 1. The third-order valence-electron chi connectivity index (χ3n) is 3.39. The number of aliphatic carboxylic acids is 1. The van der Waals surface area contributed by atoms with Gasteiger partial charge in [-0.05, 0) is 25.0 Å². The second-order valence-electron chi connectivity index (χ2n) is 5.16. The molecule has 1 aromatic carbocycles. The molecule has 0 radical (unpaired) electrons. The summed E-state index contributed by atoms with van der Waals surface area (Å²) < 4.78 is 5.74. The van der Waals surface area contributed by atoms with Crippen LogP contribution in [-0.4, -0.2) is 16.1 Å². The van der Waals surface area contributed by atoms with Gasteiger partial charge in [-0.2, -0.15) is 0 Å². The number of aryl methyl sites for hydroxylation is 1. The van der Waals surface area contributed by atoms with Crippen LogP contribution in [0.3, 0.4) is 0 Å². The molecular weight excluding hydrogens is 266 g/mol. The minimum absolute atomic E-state index is 0.280. The van der Waals surface area contributed by atoms with E-state index in [1.807, 2.05) is 30.3 Å². The molecule has 1 N–H and O–H groups in total. The zero-order chi connectivity index (χ0) is 14.9. The van der Waals surface area contributed by atoms with Crippen LogP contribution >= 0.6 is 0 Å². The van der Waals surface area contributed by atoms with Gasteiger partial charge in [-0.3, -0.25) is 4.79 Å². The van der Waals surface area contributed by atoms with Crippen molar-refractivity contribution in [1.82, 2.24) is 4.98 Å². The largest absolute Gasteiger partial charge is 0.481 e. The van der Waals surface area contributed by atoms with Crippen molar-refractivity contribution in [1.29, 1.82) is 0 Å². The van der Waals surface area contributed by atoms with Gasteiger partial charge in [0.05, 0.1) is 6.20 Å². The van der Waals surface area contributed by atoms with Crippen molar-refractivity contribution in [3.05, 3.63) is 42.3 Å². The molecule has 0 saturated heterocycles. The fourth-order valence-electron chi connectivity index (χ4n) is 2.24. The number of hydrogen-bond acceptors (Lipinski definition) is 3. The summed E-state index contributed by atoms with van der Waals surface area (Å²) in [6, 6.07) is 9.88. The molecular formula is C17H21NO3. The van der Waals surface area contributed by atoms with Crippen molar-refractivity contribution in [2.75, 3.05) is 0 Å². The highest BCUT2D eigenvalue weighted by molar-refractivity contribution is 5.66. The second-order valence-corrected chi connectivity index (χ2v) is 5.16. The monoisotopic (exact) mass is 287 g/mol. The molecule has 4 nitrogen and oxygen atoms in total. The second kappa shape index (κ2) is 8.25. The molecule has 0 bridgehead atoms. The first-order chi connectivity index (χ1) is 10.3. The summed E-state index contributed by atoms with van der Waals surface area (Å²) in [5.74, 6) is 0.886. The van der Waals surface area contributed by atoms with E-state index in [4.69, 9.17) is 9.52 Å². The molecule has 0 aliphatic heterocycles. The SMILES string of the molecule is O=C(O)CCCCCCCc1cnc(-c2ccccc2)o1. The van der Waals surface area contributed by atoms with Crippen LogP contribution in [-0.2, 0) is 11.2 Å². The number of carbonyl (C=O) groups is 1. The number of unbranched alkanes of at least 4 members (excludes halogenated alkanes) is 4. The lowest BCUT2D eigenvalue weighted by Gasteiger charge is -1.99. The van der Waals surface area contributed by atoms with E-state index in [0.29, 0.717) is 5.89 Å². The fourth-order valence-corrected chi connectivity index (χ4v) is 2.24. The minimum atomic E-state index is -0.704. The van der Waals surface area contributed by atoms with Crippen molar-refractivity contribution in [2.24, 2.45) is 0 Å². The maximum atomic E-state index is 10.4. The first kappa shape index (κ1) is 15.3. The average molecular weight is 287 g/mol. The van der Waals surface area contributed by atoms with Gasteiger partial charge in [0.2, 0.25) is 5.89 Å². The summed E-state index contributed by atoms with van der Waals surface area (Å²) in [7, 11) is 0. The summed E-state index contributed by atoms with van der Waals surface area (Å²) in [6.45, 7) is 0. The Morgan fingerprint density at radius 1 is 1.05 bits per heavy atom. The molecule has 112 valence electrons. The van der Waals surface area contributed by atoms with Crippen molar-refractivity contribution in [3.63, 3.8) is 0 Å². The van der Waals surface area contributed by atoms with Crippen molar-refractivity contribution >= 4 is 5.97 Å². The van der Waals surface area contributed by atoms with Crippen molar-refractivity contribution < 1.29 is 14.3 Å². The fraction of sp³-hybridized carbons (Fsp3) is 0.412. The van der Waals surface area contributed by atoms with Gasteiger partial charge in [0.1, 0.15) is 5.76 Å². The van der Waals surface area contributed by atoms with E-state index in [0.717, 1.165) is 49.8 Å². The average Bonchev–Trinajstić information content (AvgIpc) is 2.96. The molecule has 21 heavy (non-hydrogen) atoms. The highest BCUT2D eigenvalue weighted by Gasteiger charge is 2.05. The lowest BCUT2D eigenvalue weighted by atomic mass is 10.1. The first-order valence-electron chi connectivity index (χ1n) is 7.47. The molecule has 0 aliphatic rings. The number of carboxylic acids is 1. The molecule has 0 spiro atoms. The van der Waals surface area contributed by atoms with Gasteiger partial charge < -0.3 is 9.52 Å². The van der Waals surface area contributed by atoms with Crippen LogP contribution in [0.2, 0.25) is 0 Å². The highest BCUT2D eigenvalue weighted by Crippen LogP contribution is 2.19. The maximum Gasteiger partial charge on any atom is 0.303 e. The third-order valence-corrected chi connectivity index (χ3v) is 3.39. The van der Waals surface area contributed by atoms with E-state index in [-0.39, 0.29) is 6.42 Å². The van der Waals surface area contributed by atoms with E-state index in [1.165, 1.54) is 0 Å². The Bertz CT molecular complexity index is 548. The van der Waals surface area contributed by atoms with Gasteiger partial charge in [0.15, 0.2) is 0 Å². The van der Waals surface area contributed by atoms with E-state index >= 15 is 0 Å². The zero-order valence-electron chi connectivity index (χ0n) is 12.1. The quantitative estimate of drug-likeness (QED) is 0.698. The number of aromatic nitrogens is 1. The van der Waals surface area contributed by atoms with Gasteiger partial charge in [-0.1, -0.05) is 37.5 Å². The molecule has 0 atom stereocenters. The number of rotatable bonds is 9. The molecule has 0 aliphatic carbocycles. The Hall–Kier alpha value is -2.10. The predicted molar refractivity (Wildman–Crippen MR) is 81.0 cm³/mol. The van der Waals surface area contributed by atoms with E-state index in [9.17, 15) is 4.79 Å². The smallest absolute Gasteiger partial charge is 0.303 e. The molecule has 0 saturated carbocycles. The van der Waals surface area contributed by atoms with Gasteiger partial charge in [-0.15, -0.1) is 0 Å². The third kappa shape index (κ3) is 5.42. The summed E-state index contributed by atoms with van der Waals surface area (Å²) in [5, 5.41) is 8.54. The molecule has 0 unspecified atom stereocenters. The van der Waals surface area contributed by atoms with E-state index in [1.54, 1.807) is 6.20 Å². The van der Waals surface area contributed by atoms with Gasteiger partial charge in [0.25, 0.3) is 0 Å². The summed E-state index contributed by atoms with van der Waals surface area (Å²) in [5.41, 5.74) is 0.998. The lowest BCUT2D eigenvalue weighted by Crippen LogP contribution is -1.93. The van der Waals surface area contributed by atoms with Crippen LogP contribution < -0.4 is 0 Å². The molecule has 4 heteroatoms. The minimum Gasteiger partial charge on any atom is -0.481 e. The van der Waals surface area contributed by atoms with Crippen LogP contribution in [0.1, 0.15) is 44.3 Å². The molecule has 0 amide bonds. The number of benzene rings is 1. The van der Waals surface area contributed by atoms with E-state index in [2.05, 4.69) is 4.98 Å².